The molecule has 0 aliphatic carbocycles. The van der Waals surface area contributed by atoms with Crippen LogP contribution in [0.2, 0.25) is 0 Å². The lowest BCUT2D eigenvalue weighted by atomic mass is 10.2. The zero-order valence-corrected chi connectivity index (χ0v) is 10.4. The highest BCUT2D eigenvalue weighted by Crippen LogP contribution is 2.24. The van der Waals surface area contributed by atoms with Gasteiger partial charge >= 0.3 is 0 Å². The molecule has 0 amide bonds. The number of ether oxygens (including phenoxy) is 1. The number of methoxy groups -OCH3 is 1. The Bertz CT molecular complexity index is 356. The maximum Gasteiger partial charge on any atom is 0.0761 e. The number of rotatable bonds is 4. The van der Waals surface area contributed by atoms with E-state index in [-0.39, 0.29) is 0 Å². The van der Waals surface area contributed by atoms with E-state index in [0.717, 1.165) is 31.9 Å². The van der Waals surface area contributed by atoms with Crippen LogP contribution >= 0.6 is 0 Å². The topological polar surface area (TPSA) is 49.4 Å². The Morgan fingerprint density at radius 2 is 2.53 bits per heavy atom. The van der Waals surface area contributed by atoms with E-state index in [9.17, 15) is 0 Å². The number of nitrogens with zero attached hydrogens (tertiary/aromatic N) is 2. The van der Waals surface area contributed by atoms with Crippen molar-refractivity contribution in [3.8, 4) is 0 Å². The largest absolute Gasteiger partial charge is 0.385 e. The zero-order chi connectivity index (χ0) is 12.1. The van der Waals surface area contributed by atoms with Crippen molar-refractivity contribution in [1.29, 1.82) is 0 Å². The Hall–Kier alpha value is -1.33. The van der Waals surface area contributed by atoms with Crippen LogP contribution < -0.4 is 15.5 Å². The molecule has 1 atom stereocenters. The van der Waals surface area contributed by atoms with Crippen LogP contribution in [0.3, 0.4) is 0 Å². The standard InChI is InChI=1S/C12H20N4O/c1-13-11-7-14-4-3-12(11)16-6-5-15-10(8-16)9-17-2/h3-4,7,10,13,15H,5-6,8-9H2,1-2H3/t10-/m0/s1. The smallest absolute Gasteiger partial charge is 0.0761 e. The van der Waals surface area contributed by atoms with Crippen LogP contribution in [-0.4, -0.2) is 51.4 Å². The van der Waals surface area contributed by atoms with E-state index in [0.29, 0.717) is 6.04 Å². The third kappa shape index (κ3) is 2.87. The van der Waals surface area contributed by atoms with Gasteiger partial charge in [0.1, 0.15) is 0 Å². The van der Waals surface area contributed by atoms with Crippen LogP contribution in [0.1, 0.15) is 0 Å². The maximum atomic E-state index is 5.20. The zero-order valence-electron chi connectivity index (χ0n) is 10.4. The monoisotopic (exact) mass is 236 g/mol. The summed E-state index contributed by atoms with van der Waals surface area (Å²) in [4.78, 5) is 6.51. The second-order valence-corrected chi connectivity index (χ2v) is 4.20. The first-order valence-electron chi connectivity index (χ1n) is 5.94. The van der Waals surface area contributed by atoms with Crippen LogP contribution in [0, 0.1) is 0 Å². The van der Waals surface area contributed by atoms with E-state index < -0.39 is 0 Å². The molecule has 0 bridgehead atoms. The second-order valence-electron chi connectivity index (χ2n) is 4.20. The van der Waals surface area contributed by atoms with Gasteiger partial charge in [0.15, 0.2) is 0 Å². The Labute approximate surface area is 102 Å². The average Bonchev–Trinajstić information content (AvgIpc) is 2.39. The minimum atomic E-state index is 0.395. The Morgan fingerprint density at radius 1 is 1.65 bits per heavy atom. The molecule has 94 valence electrons. The second kappa shape index (κ2) is 5.84. The first-order valence-corrected chi connectivity index (χ1v) is 5.94. The van der Waals surface area contributed by atoms with Crippen LogP contribution in [-0.2, 0) is 4.74 Å². The number of hydrogen-bond donors (Lipinski definition) is 2. The minimum absolute atomic E-state index is 0.395. The van der Waals surface area contributed by atoms with Gasteiger partial charge in [-0.1, -0.05) is 0 Å². The summed E-state index contributed by atoms with van der Waals surface area (Å²) in [5.41, 5.74) is 2.29. The highest BCUT2D eigenvalue weighted by atomic mass is 16.5. The SMILES string of the molecule is CNc1cnccc1N1CCN[C@H](COC)C1. The molecule has 5 heteroatoms. The molecule has 1 fully saturated rings. The molecule has 2 rings (SSSR count). The van der Waals surface area contributed by atoms with Crippen molar-refractivity contribution < 1.29 is 4.74 Å². The summed E-state index contributed by atoms with van der Waals surface area (Å²) >= 11 is 0. The number of piperazine rings is 1. The van der Waals surface area contributed by atoms with Gasteiger partial charge in [-0.25, -0.2) is 0 Å². The quantitative estimate of drug-likeness (QED) is 0.799. The fourth-order valence-corrected chi connectivity index (χ4v) is 2.21. The van der Waals surface area contributed by atoms with Gasteiger partial charge in [-0.05, 0) is 6.07 Å². The number of anilines is 2. The van der Waals surface area contributed by atoms with Gasteiger partial charge in [0, 0.05) is 46.0 Å². The molecule has 1 aliphatic rings. The fraction of sp³-hybridized carbons (Fsp3) is 0.583. The van der Waals surface area contributed by atoms with Crippen LogP contribution in [0.5, 0.6) is 0 Å². The molecule has 1 aliphatic heterocycles. The first-order chi connectivity index (χ1) is 8.35. The number of nitrogens with one attached hydrogen (secondary N) is 2. The summed E-state index contributed by atoms with van der Waals surface area (Å²) in [6.45, 7) is 3.71. The van der Waals surface area contributed by atoms with E-state index in [1.165, 1.54) is 5.69 Å². The van der Waals surface area contributed by atoms with E-state index in [1.54, 1.807) is 7.11 Å². The van der Waals surface area contributed by atoms with Gasteiger partial charge in [0.2, 0.25) is 0 Å². The molecule has 0 aromatic carbocycles. The normalized spacial score (nSPS) is 20.4. The summed E-state index contributed by atoms with van der Waals surface area (Å²) < 4.78 is 5.20. The third-order valence-corrected chi connectivity index (χ3v) is 3.03. The summed E-state index contributed by atoms with van der Waals surface area (Å²) in [6.07, 6.45) is 3.70. The van der Waals surface area contributed by atoms with Gasteiger partial charge < -0.3 is 20.3 Å². The molecule has 1 saturated heterocycles. The van der Waals surface area contributed by atoms with Crippen LogP contribution in [0.15, 0.2) is 18.5 Å². The molecular weight excluding hydrogens is 216 g/mol. The van der Waals surface area contributed by atoms with Crippen molar-refractivity contribution in [3.05, 3.63) is 18.5 Å². The van der Waals surface area contributed by atoms with Crippen LogP contribution in [0.25, 0.3) is 0 Å². The number of aromatic nitrogens is 1. The van der Waals surface area contributed by atoms with Crippen molar-refractivity contribution in [2.24, 2.45) is 0 Å². The number of pyridine rings is 1. The first kappa shape index (κ1) is 12.1. The summed E-state index contributed by atoms with van der Waals surface area (Å²) in [5.74, 6) is 0. The summed E-state index contributed by atoms with van der Waals surface area (Å²) in [6, 6.07) is 2.45. The van der Waals surface area contributed by atoms with E-state index in [1.807, 2.05) is 19.4 Å². The van der Waals surface area contributed by atoms with Gasteiger partial charge in [-0.15, -0.1) is 0 Å². The summed E-state index contributed by atoms with van der Waals surface area (Å²) in [5, 5.41) is 6.64. The molecule has 2 N–H and O–H groups in total. The molecule has 2 heterocycles. The van der Waals surface area contributed by atoms with Crippen molar-refractivity contribution in [1.82, 2.24) is 10.3 Å². The molecule has 0 saturated carbocycles. The van der Waals surface area contributed by atoms with Gasteiger partial charge in [-0.2, -0.15) is 0 Å². The minimum Gasteiger partial charge on any atom is -0.385 e. The van der Waals surface area contributed by atoms with Crippen LogP contribution in [0.4, 0.5) is 11.4 Å². The van der Waals surface area contributed by atoms with Crippen molar-refractivity contribution in [2.75, 3.05) is 50.6 Å². The predicted molar refractivity (Wildman–Crippen MR) is 69.7 cm³/mol. The predicted octanol–water partition coefficient (Wildman–Crippen LogP) is 0.548. The molecule has 17 heavy (non-hydrogen) atoms. The lowest BCUT2D eigenvalue weighted by Gasteiger charge is -2.35. The lowest BCUT2D eigenvalue weighted by molar-refractivity contribution is 0.163. The highest BCUT2D eigenvalue weighted by molar-refractivity contribution is 5.68. The summed E-state index contributed by atoms with van der Waals surface area (Å²) in [7, 11) is 3.67. The number of hydrogen-bond acceptors (Lipinski definition) is 5. The molecule has 1 aromatic heterocycles. The Balaban J connectivity index is 2.10. The molecular formula is C12H20N4O. The van der Waals surface area contributed by atoms with E-state index in [4.69, 9.17) is 4.74 Å². The van der Waals surface area contributed by atoms with Gasteiger partial charge in [0.25, 0.3) is 0 Å². The molecule has 0 radical (unpaired) electrons. The molecule has 5 nitrogen and oxygen atoms in total. The van der Waals surface area contributed by atoms with Crippen molar-refractivity contribution in [2.45, 2.75) is 6.04 Å². The fourth-order valence-electron chi connectivity index (χ4n) is 2.21. The van der Waals surface area contributed by atoms with E-state index >= 15 is 0 Å². The van der Waals surface area contributed by atoms with Crippen molar-refractivity contribution >= 4 is 11.4 Å². The molecule has 0 spiro atoms. The molecule has 1 aromatic rings. The van der Waals surface area contributed by atoms with Gasteiger partial charge in [0.05, 0.1) is 24.2 Å². The average molecular weight is 236 g/mol. The Kier molecular flexibility index (Phi) is 4.17. The molecule has 0 unspecified atom stereocenters. The lowest BCUT2D eigenvalue weighted by Crippen LogP contribution is -2.52. The highest BCUT2D eigenvalue weighted by Gasteiger charge is 2.20. The van der Waals surface area contributed by atoms with Crippen molar-refractivity contribution in [3.63, 3.8) is 0 Å². The van der Waals surface area contributed by atoms with Gasteiger partial charge in [-0.3, -0.25) is 4.98 Å². The third-order valence-electron chi connectivity index (χ3n) is 3.03. The Morgan fingerprint density at radius 3 is 3.29 bits per heavy atom. The maximum absolute atomic E-state index is 5.20. The van der Waals surface area contributed by atoms with E-state index in [2.05, 4.69) is 26.6 Å².